The van der Waals surface area contributed by atoms with Crippen LogP contribution in [-0.4, -0.2) is 37.9 Å². The van der Waals surface area contributed by atoms with E-state index in [1.54, 1.807) is 0 Å². The zero-order valence-corrected chi connectivity index (χ0v) is 7.22. The van der Waals surface area contributed by atoms with Crippen molar-refractivity contribution in [3.63, 3.8) is 0 Å². The van der Waals surface area contributed by atoms with Crippen LogP contribution >= 0.6 is 0 Å². The molecular weight excluding hydrogens is 128 g/mol. The summed E-state index contributed by atoms with van der Waals surface area (Å²) in [6.07, 6.45) is 0. The van der Waals surface area contributed by atoms with Crippen LogP contribution in [0.15, 0.2) is 5.16 Å². The lowest BCUT2D eigenvalue weighted by Gasteiger charge is -2.06. The van der Waals surface area contributed by atoms with Crippen LogP contribution in [0.4, 0.5) is 0 Å². The fraction of sp³-hybridized carbons (Fsp3) is 0.857. The molecule has 3 heteroatoms. The second kappa shape index (κ2) is 5.23. The minimum absolute atomic E-state index is 0.665. The summed E-state index contributed by atoms with van der Waals surface area (Å²) in [4.78, 5) is 7.01. The summed E-state index contributed by atoms with van der Waals surface area (Å²) in [5, 5.41) is 3.79. The van der Waals surface area contributed by atoms with Gasteiger partial charge in [-0.15, -0.1) is 0 Å². The standard InChI is InChI=1S/C7H16N2O/c1-7(2)8-10-6-5-9(3)4/h5-6H2,1-4H3. The Bertz CT molecular complexity index is 106. The van der Waals surface area contributed by atoms with Crippen LogP contribution < -0.4 is 0 Å². The Morgan fingerprint density at radius 3 is 2.40 bits per heavy atom. The first-order valence-corrected chi connectivity index (χ1v) is 3.41. The second-order valence-electron chi connectivity index (χ2n) is 2.68. The van der Waals surface area contributed by atoms with E-state index in [0.29, 0.717) is 6.61 Å². The Morgan fingerprint density at radius 2 is 2.00 bits per heavy atom. The molecule has 0 radical (unpaired) electrons. The van der Waals surface area contributed by atoms with E-state index in [1.807, 2.05) is 27.9 Å². The summed E-state index contributed by atoms with van der Waals surface area (Å²) in [5.41, 5.74) is 0.957. The van der Waals surface area contributed by atoms with Crippen LogP contribution in [0, 0.1) is 0 Å². The molecule has 0 fully saturated rings. The maximum atomic E-state index is 4.95. The minimum atomic E-state index is 0.665. The molecule has 60 valence electrons. The van der Waals surface area contributed by atoms with E-state index in [-0.39, 0.29) is 0 Å². The first kappa shape index (κ1) is 9.43. The average molecular weight is 144 g/mol. The molecule has 0 N–H and O–H groups in total. The van der Waals surface area contributed by atoms with E-state index >= 15 is 0 Å². The lowest BCUT2D eigenvalue weighted by Crippen LogP contribution is -2.17. The van der Waals surface area contributed by atoms with Gasteiger partial charge in [-0.25, -0.2) is 0 Å². The number of rotatable bonds is 4. The topological polar surface area (TPSA) is 24.8 Å². The fourth-order valence-electron chi connectivity index (χ4n) is 0.398. The van der Waals surface area contributed by atoms with Crippen LogP contribution in [-0.2, 0) is 4.84 Å². The highest BCUT2D eigenvalue weighted by molar-refractivity contribution is 5.78. The van der Waals surface area contributed by atoms with Crippen molar-refractivity contribution in [1.29, 1.82) is 0 Å². The minimum Gasteiger partial charge on any atom is -0.395 e. The fourth-order valence-corrected chi connectivity index (χ4v) is 0.398. The smallest absolute Gasteiger partial charge is 0.129 e. The monoisotopic (exact) mass is 144 g/mol. The largest absolute Gasteiger partial charge is 0.395 e. The lowest BCUT2D eigenvalue weighted by molar-refractivity contribution is 0.125. The number of nitrogens with zero attached hydrogens (tertiary/aromatic N) is 2. The SMILES string of the molecule is CC(C)=NOCCN(C)C. The highest BCUT2D eigenvalue weighted by Gasteiger charge is 1.87. The van der Waals surface area contributed by atoms with Gasteiger partial charge in [0, 0.05) is 6.54 Å². The molecule has 0 heterocycles. The Balaban J connectivity index is 3.13. The summed E-state index contributed by atoms with van der Waals surface area (Å²) >= 11 is 0. The van der Waals surface area contributed by atoms with Gasteiger partial charge in [0.2, 0.25) is 0 Å². The van der Waals surface area contributed by atoms with Gasteiger partial charge < -0.3 is 9.74 Å². The van der Waals surface area contributed by atoms with Crippen molar-refractivity contribution in [1.82, 2.24) is 4.90 Å². The lowest BCUT2D eigenvalue weighted by atomic mass is 10.5. The molecule has 0 aliphatic heterocycles. The molecule has 0 aromatic heterocycles. The number of likely N-dealkylation sites (N-methyl/N-ethyl adjacent to an activating group) is 1. The molecule has 0 aliphatic rings. The van der Waals surface area contributed by atoms with Gasteiger partial charge in [-0.1, -0.05) is 5.16 Å². The highest BCUT2D eigenvalue weighted by atomic mass is 16.6. The van der Waals surface area contributed by atoms with E-state index in [4.69, 9.17) is 4.84 Å². The Kier molecular flexibility index (Phi) is 4.94. The van der Waals surface area contributed by atoms with Crippen molar-refractivity contribution in [3.05, 3.63) is 0 Å². The van der Waals surface area contributed by atoms with E-state index < -0.39 is 0 Å². The first-order chi connectivity index (χ1) is 4.63. The normalized spacial score (nSPS) is 9.70. The zero-order valence-electron chi connectivity index (χ0n) is 7.22. The molecule has 10 heavy (non-hydrogen) atoms. The molecule has 0 atom stereocenters. The summed E-state index contributed by atoms with van der Waals surface area (Å²) in [5.74, 6) is 0. The molecule has 0 saturated heterocycles. The van der Waals surface area contributed by atoms with E-state index in [0.717, 1.165) is 12.3 Å². The molecule has 3 nitrogen and oxygen atoms in total. The third-order valence-electron chi connectivity index (χ3n) is 0.877. The van der Waals surface area contributed by atoms with E-state index in [1.165, 1.54) is 0 Å². The quantitative estimate of drug-likeness (QED) is 0.333. The van der Waals surface area contributed by atoms with Crippen LogP contribution in [0.1, 0.15) is 13.8 Å². The zero-order chi connectivity index (χ0) is 7.98. The van der Waals surface area contributed by atoms with Gasteiger partial charge in [0.15, 0.2) is 0 Å². The van der Waals surface area contributed by atoms with Gasteiger partial charge >= 0.3 is 0 Å². The Hall–Kier alpha value is -0.570. The first-order valence-electron chi connectivity index (χ1n) is 3.41. The maximum Gasteiger partial charge on any atom is 0.129 e. The van der Waals surface area contributed by atoms with Gasteiger partial charge in [0.25, 0.3) is 0 Å². The van der Waals surface area contributed by atoms with Crippen LogP contribution in [0.2, 0.25) is 0 Å². The Labute approximate surface area is 62.7 Å². The molecule has 0 rings (SSSR count). The second-order valence-corrected chi connectivity index (χ2v) is 2.68. The average Bonchev–Trinajstić information content (AvgIpc) is 1.79. The molecule has 0 aromatic carbocycles. The molecule has 0 bridgehead atoms. The molecule has 0 spiro atoms. The number of oxime groups is 1. The van der Waals surface area contributed by atoms with Gasteiger partial charge in [0.1, 0.15) is 6.61 Å². The molecule has 0 amide bonds. The van der Waals surface area contributed by atoms with Crippen molar-refractivity contribution >= 4 is 5.71 Å². The summed E-state index contributed by atoms with van der Waals surface area (Å²) in [6, 6.07) is 0. The third kappa shape index (κ3) is 7.43. The van der Waals surface area contributed by atoms with Gasteiger partial charge in [-0.05, 0) is 27.9 Å². The molecule has 0 aliphatic carbocycles. The van der Waals surface area contributed by atoms with Gasteiger partial charge in [-0.2, -0.15) is 0 Å². The van der Waals surface area contributed by atoms with Crippen molar-refractivity contribution in [3.8, 4) is 0 Å². The van der Waals surface area contributed by atoms with Crippen molar-refractivity contribution in [2.75, 3.05) is 27.2 Å². The van der Waals surface area contributed by atoms with Crippen molar-refractivity contribution < 1.29 is 4.84 Å². The Morgan fingerprint density at radius 1 is 1.40 bits per heavy atom. The third-order valence-corrected chi connectivity index (χ3v) is 0.877. The van der Waals surface area contributed by atoms with Crippen LogP contribution in [0.25, 0.3) is 0 Å². The van der Waals surface area contributed by atoms with Gasteiger partial charge in [0.05, 0.1) is 5.71 Å². The maximum absolute atomic E-state index is 4.95. The summed E-state index contributed by atoms with van der Waals surface area (Å²) < 4.78 is 0. The predicted octanol–water partition coefficient (Wildman–Crippen LogP) is 0.960. The summed E-state index contributed by atoms with van der Waals surface area (Å²) in [7, 11) is 4.01. The molecule has 0 saturated carbocycles. The molecule has 0 aromatic rings. The molecule has 0 unspecified atom stereocenters. The van der Waals surface area contributed by atoms with Crippen LogP contribution in [0.3, 0.4) is 0 Å². The van der Waals surface area contributed by atoms with Crippen molar-refractivity contribution in [2.45, 2.75) is 13.8 Å². The van der Waals surface area contributed by atoms with E-state index in [9.17, 15) is 0 Å². The van der Waals surface area contributed by atoms with Gasteiger partial charge in [-0.3, -0.25) is 0 Å². The summed E-state index contributed by atoms with van der Waals surface area (Å²) in [6.45, 7) is 5.40. The highest BCUT2D eigenvalue weighted by Crippen LogP contribution is 1.81. The van der Waals surface area contributed by atoms with E-state index in [2.05, 4.69) is 10.1 Å². The van der Waals surface area contributed by atoms with Crippen LogP contribution in [0.5, 0.6) is 0 Å². The predicted molar refractivity (Wildman–Crippen MR) is 43.3 cm³/mol. The molecular formula is C7H16N2O. The number of hydrogen-bond acceptors (Lipinski definition) is 3. The number of hydrogen-bond donors (Lipinski definition) is 0. The van der Waals surface area contributed by atoms with Crippen molar-refractivity contribution in [2.24, 2.45) is 5.16 Å².